The van der Waals surface area contributed by atoms with Gasteiger partial charge in [0.2, 0.25) is 5.91 Å². The molecule has 0 aromatic heterocycles. The van der Waals surface area contributed by atoms with Crippen LogP contribution in [0.25, 0.3) is 0 Å². The molecule has 19 heavy (non-hydrogen) atoms. The average molecular weight is 277 g/mol. The Morgan fingerprint density at radius 3 is 3.00 bits per heavy atom. The minimum Gasteiger partial charge on any atom is -0.361 e. The topological polar surface area (TPSA) is 53.5 Å². The summed E-state index contributed by atoms with van der Waals surface area (Å²) in [4.78, 5) is 15.2. The van der Waals surface area contributed by atoms with Gasteiger partial charge in [-0.2, -0.15) is 0 Å². The van der Waals surface area contributed by atoms with Gasteiger partial charge in [-0.25, -0.2) is 0 Å². The van der Waals surface area contributed by atoms with Gasteiger partial charge in [0.15, 0.2) is 5.17 Å². The zero-order valence-electron chi connectivity index (χ0n) is 11.1. The number of rotatable bonds is 5. The van der Waals surface area contributed by atoms with Crippen LogP contribution in [0.5, 0.6) is 0 Å². The number of hydrogen-bond donors (Lipinski definition) is 2. The maximum Gasteiger partial charge on any atom is 0.216 e. The number of nitrogens with zero attached hydrogens (tertiary/aromatic N) is 1. The molecule has 2 rings (SSSR count). The highest BCUT2D eigenvalue weighted by atomic mass is 32.2. The van der Waals surface area contributed by atoms with Crippen LogP contribution in [0, 0.1) is 0 Å². The van der Waals surface area contributed by atoms with Crippen molar-refractivity contribution in [2.75, 3.05) is 18.8 Å². The largest absolute Gasteiger partial charge is 0.361 e. The molecular weight excluding hydrogens is 258 g/mol. The van der Waals surface area contributed by atoms with Crippen LogP contribution < -0.4 is 10.6 Å². The summed E-state index contributed by atoms with van der Waals surface area (Å²) in [5.41, 5.74) is 1.35. The zero-order chi connectivity index (χ0) is 13.5. The molecule has 4 nitrogen and oxygen atoms in total. The highest BCUT2D eigenvalue weighted by Crippen LogP contribution is 2.17. The summed E-state index contributed by atoms with van der Waals surface area (Å²) in [6, 6.07) is 10.9. The first-order valence-corrected chi connectivity index (χ1v) is 7.45. The molecule has 5 heteroatoms. The van der Waals surface area contributed by atoms with Crippen molar-refractivity contribution >= 4 is 22.8 Å². The Bertz CT molecular complexity index is 447. The molecule has 0 spiro atoms. The molecule has 1 atom stereocenters. The van der Waals surface area contributed by atoms with Crippen molar-refractivity contribution in [3.8, 4) is 0 Å². The van der Waals surface area contributed by atoms with Crippen LogP contribution in [-0.4, -0.2) is 36.0 Å². The number of carbonyl (C=O) groups excluding carboxylic acids is 1. The number of hydrogen-bond acceptors (Lipinski definition) is 3. The van der Waals surface area contributed by atoms with Gasteiger partial charge in [-0.05, 0) is 12.0 Å². The van der Waals surface area contributed by atoms with Gasteiger partial charge in [-0.1, -0.05) is 42.1 Å². The molecule has 0 radical (unpaired) electrons. The molecule has 1 unspecified atom stereocenters. The molecule has 0 bridgehead atoms. The molecule has 1 amide bonds. The Labute approximate surface area is 118 Å². The standard InChI is InChI=1S/C14H19N3OS/c1-11(18)15-7-8-16-14-17-13(10-19-14)9-12-5-3-2-4-6-12/h2-6,13H,7-10H2,1H3,(H,15,18)(H,16,17). The summed E-state index contributed by atoms with van der Waals surface area (Å²) in [6.45, 7) is 2.75. The van der Waals surface area contributed by atoms with Crippen molar-refractivity contribution in [1.29, 1.82) is 0 Å². The van der Waals surface area contributed by atoms with Crippen LogP contribution in [0.4, 0.5) is 0 Å². The van der Waals surface area contributed by atoms with Crippen LogP contribution in [0.2, 0.25) is 0 Å². The number of amides is 1. The lowest BCUT2D eigenvalue weighted by Gasteiger charge is -2.09. The summed E-state index contributed by atoms with van der Waals surface area (Å²) >= 11 is 1.75. The Hall–Kier alpha value is -1.49. The maximum atomic E-state index is 10.7. The molecule has 1 aliphatic heterocycles. The number of thioether (sulfide) groups is 1. The summed E-state index contributed by atoms with van der Waals surface area (Å²) in [7, 11) is 0. The average Bonchev–Trinajstić information content (AvgIpc) is 2.83. The zero-order valence-corrected chi connectivity index (χ0v) is 11.9. The van der Waals surface area contributed by atoms with Gasteiger partial charge in [0.25, 0.3) is 0 Å². The third kappa shape index (κ3) is 4.95. The van der Waals surface area contributed by atoms with Crippen LogP contribution in [0.1, 0.15) is 12.5 Å². The lowest BCUT2D eigenvalue weighted by atomic mass is 10.1. The molecule has 1 heterocycles. The normalized spacial score (nSPS) is 20.3. The molecule has 102 valence electrons. The Morgan fingerprint density at radius 1 is 1.47 bits per heavy atom. The third-order valence-corrected chi connectivity index (χ3v) is 3.90. The van der Waals surface area contributed by atoms with Crippen molar-refractivity contribution in [2.24, 2.45) is 4.99 Å². The SMILES string of the molecule is CC(=O)NCCN=C1NC(Cc2ccccc2)CS1. The van der Waals surface area contributed by atoms with Crippen molar-refractivity contribution in [3.63, 3.8) is 0 Å². The van der Waals surface area contributed by atoms with Gasteiger partial charge in [0, 0.05) is 25.3 Å². The fourth-order valence-corrected chi connectivity index (χ4v) is 2.92. The van der Waals surface area contributed by atoms with Gasteiger partial charge < -0.3 is 10.6 Å². The van der Waals surface area contributed by atoms with Crippen LogP contribution in [0.3, 0.4) is 0 Å². The van der Waals surface area contributed by atoms with Gasteiger partial charge in [-0.3, -0.25) is 9.79 Å². The molecule has 1 aliphatic rings. The number of nitrogens with one attached hydrogen (secondary N) is 2. The van der Waals surface area contributed by atoms with E-state index in [9.17, 15) is 4.79 Å². The van der Waals surface area contributed by atoms with Crippen LogP contribution in [-0.2, 0) is 11.2 Å². The molecule has 1 aromatic rings. The second-order valence-electron chi connectivity index (χ2n) is 4.51. The summed E-state index contributed by atoms with van der Waals surface area (Å²) in [6.07, 6.45) is 1.03. The molecule has 0 saturated carbocycles. The maximum absolute atomic E-state index is 10.7. The first-order valence-electron chi connectivity index (χ1n) is 6.46. The first-order chi connectivity index (χ1) is 9.24. The van der Waals surface area contributed by atoms with E-state index in [0.717, 1.165) is 17.3 Å². The third-order valence-electron chi connectivity index (χ3n) is 2.81. The van der Waals surface area contributed by atoms with Gasteiger partial charge in [0.1, 0.15) is 0 Å². The summed E-state index contributed by atoms with van der Waals surface area (Å²) < 4.78 is 0. The van der Waals surface area contributed by atoms with Gasteiger partial charge in [-0.15, -0.1) is 0 Å². The monoisotopic (exact) mass is 277 g/mol. The van der Waals surface area contributed by atoms with E-state index in [0.29, 0.717) is 19.1 Å². The van der Waals surface area contributed by atoms with E-state index in [1.54, 1.807) is 11.8 Å². The summed E-state index contributed by atoms with van der Waals surface area (Å²) in [5.74, 6) is 1.04. The van der Waals surface area contributed by atoms with E-state index < -0.39 is 0 Å². The van der Waals surface area contributed by atoms with E-state index in [4.69, 9.17) is 0 Å². The highest BCUT2D eigenvalue weighted by molar-refractivity contribution is 8.14. The quantitative estimate of drug-likeness (QED) is 0.801. The van der Waals surface area contributed by atoms with E-state index in [1.165, 1.54) is 12.5 Å². The van der Waals surface area contributed by atoms with Crippen molar-refractivity contribution < 1.29 is 4.79 Å². The van der Waals surface area contributed by atoms with Crippen molar-refractivity contribution in [2.45, 2.75) is 19.4 Å². The van der Waals surface area contributed by atoms with Crippen molar-refractivity contribution in [3.05, 3.63) is 35.9 Å². The number of amidine groups is 1. The number of aliphatic imine (C=N–C) groups is 1. The fourth-order valence-electron chi connectivity index (χ4n) is 1.93. The molecule has 1 aromatic carbocycles. The molecule has 0 aliphatic carbocycles. The minimum atomic E-state index is -0.00538. The van der Waals surface area contributed by atoms with Crippen LogP contribution in [0.15, 0.2) is 35.3 Å². The smallest absolute Gasteiger partial charge is 0.216 e. The number of benzene rings is 1. The predicted octanol–water partition coefficient (Wildman–Crippen LogP) is 1.43. The second kappa shape index (κ2) is 7.19. The lowest BCUT2D eigenvalue weighted by Crippen LogP contribution is -2.29. The lowest BCUT2D eigenvalue weighted by molar-refractivity contribution is -0.118. The number of carbonyl (C=O) groups is 1. The molecule has 2 N–H and O–H groups in total. The fraction of sp³-hybridized carbons (Fsp3) is 0.429. The van der Waals surface area contributed by atoms with E-state index >= 15 is 0 Å². The Kier molecular flexibility index (Phi) is 5.27. The second-order valence-corrected chi connectivity index (χ2v) is 5.52. The van der Waals surface area contributed by atoms with E-state index in [2.05, 4.69) is 39.9 Å². The van der Waals surface area contributed by atoms with E-state index in [-0.39, 0.29) is 5.91 Å². The predicted molar refractivity (Wildman–Crippen MR) is 80.5 cm³/mol. The highest BCUT2D eigenvalue weighted by Gasteiger charge is 2.19. The summed E-state index contributed by atoms with van der Waals surface area (Å²) in [5, 5.41) is 7.16. The Morgan fingerprint density at radius 2 is 2.26 bits per heavy atom. The van der Waals surface area contributed by atoms with Gasteiger partial charge >= 0.3 is 0 Å². The molecule has 1 fully saturated rings. The Balaban J connectivity index is 1.73. The molecule has 1 saturated heterocycles. The minimum absolute atomic E-state index is 0.00538. The first kappa shape index (κ1) is 13.9. The van der Waals surface area contributed by atoms with Crippen molar-refractivity contribution in [1.82, 2.24) is 10.6 Å². The van der Waals surface area contributed by atoms with Gasteiger partial charge in [0.05, 0.1) is 6.54 Å². The molecular formula is C14H19N3OS. The van der Waals surface area contributed by atoms with E-state index in [1.807, 2.05) is 6.07 Å². The van der Waals surface area contributed by atoms with Crippen LogP contribution >= 0.6 is 11.8 Å².